The lowest BCUT2D eigenvalue weighted by Gasteiger charge is -2.12. The highest BCUT2D eigenvalue weighted by Gasteiger charge is 2.27. The number of thiophene rings is 1. The van der Waals surface area contributed by atoms with Crippen LogP contribution in [0.15, 0.2) is 28.7 Å². The summed E-state index contributed by atoms with van der Waals surface area (Å²) >= 11 is 5.68. The van der Waals surface area contributed by atoms with Gasteiger partial charge in [0.2, 0.25) is 0 Å². The van der Waals surface area contributed by atoms with Gasteiger partial charge in [-0.1, -0.05) is 24.3 Å². The lowest BCUT2D eigenvalue weighted by molar-refractivity contribution is 0.783. The Kier molecular flexibility index (Phi) is 2.87. The van der Waals surface area contributed by atoms with Gasteiger partial charge >= 0.3 is 0 Å². The Labute approximate surface area is 115 Å². The monoisotopic (exact) mass is 306 g/mol. The van der Waals surface area contributed by atoms with Crippen molar-refractivity contribution in [2.75, 3.05) is 0 Å². The largest absolute Gasteiger partial charge is 0.144 e. The highest BCUT2D eigenvalue weighted by molar-refractivity contribution is 9.10. The maximum Gasteiger partial charge on any atom is 0.0352 e. The zero-order valence-corrected chi connectivity index (χ0v) is 12.5. The first-order chi connectivity index (χ1) is 8.18. The highest BCUT2D eigenvalue weighted by Crippen LogP contribution is 2.45. The van der Waals surface area contributed by atoms with Gasteiger partial charge in [-0.2, -0.15) is 0 Å². The zero-order chi connectivity index (χ0) is 12.0. The number of aryl methyl sites for hydroxylation is 3. The van der Waals surface area contributed by atoms with Crippen molar-refractivity contribution in [2.24, 2.45) is 0 Å². The molecule has 0 radical (unpaired) electrons. The molecule has 1 aliphatic carbocycles. The van der Waals surface area contributed by atoms with Crippen LogP contribution in [0.5, 0.6) is 0 Å². The van der Waals surface area contributed by atoms with Crippen LogP contribution in [0.1, 0.15) is 38.8 Å². The maximum atomic E-state index is 3.77. The first-order valence-electron chi connectivity index (χ1n) is 6.01. The van der Waals surface area contributed by atoms with Crippen molar-refractivity contribution in [3.05, 3.63) is 55.2 Å². The van der Waals surface area contributed by atoms with Crippen LogP contribution in [0.4, 0.5) is 0 Å². The number of hydrogen-bond donors (Lipinski definition) is 0. The standard InChI is InChI=1S/C15H15BrS/c1-9-14(15(16)10(2)17-9)13-8-7-11-5-3-4-6-12(11)13/h3-6,13H,7-8H2,1-2H3. The van der Waals surface area contributed by atoms with Gasteiger partial charge in [0, 0.05) is 20.1 Å². The van der Waals surface area contributed by atoms with Crippen molar-refractivity contribution >= 4 is 27.3 Å². The predicted octanol–water partition coefficient (Wildman–Crippen LogP) is 5.21. The van der Waals surface area contributed by atoms with E-state index in [9.17, 15) is 0 Å². The Balaban J connectivity index is 2.13. The summed E-state index contributed by atoms with van der Waals surface area (Å²) in [5.41, 5.74) is 4.60. The topological polar surface area (TPSA) is 0 Å². The third-order valence-corrected chi connectivity index (χ3v) is 6.03. The summed E-state index contributed by atoms with van der Waals surface area (Å²) in [6, 6.07) is 8.89. The van der Waals surface area contributed by atoms with Crippen molar-refractivity contribution in [2.45, 2.75) is 32.6 Å². The van der Waals surface area contributed by atoms with Crippen LogP contribution in [-0.2, 0) is 6.42 Å². The van der Waals surface area contributed by atoms with E-state index in [0.29, 0.717) is 5.92 Å². The average molecular weight is 307 g/mol. The third kappa shape index (κ3) is 1.78. The van der Waals surface area contributed by atoms with Gasteiger partial charge in [-0.05, 0) is 59.3 Å². The van der Waals surface area contributed by atoms with Crippen LogP contribution >= 0.6 is 27.3 Å². The molecule has 1 aliphatic rings. The van der Waals surface area contributed by atoms with E-state index in [-0.39, 0.29) is 0 Å². The number of benzene rings is 1. The first-order valence-corrected chi connectivity index (χ1v) is 7.62. The van der Waals surface area contributed by atoms with Crippen LogP contribution in [0.25, 0.3) is 0 Å². The van der Waals surface area contributed by atoms with E-state index >= 15 is 0 Å². The van der Waals surface area contributed by atoms with Gasteiger partial charge in [-0.15, -0.1) is 11.3 Å². The Morgan fingerprint density at radius 1 is 1.18 bits per heavy atom. The van der Waals surface area contributed by atoms with E-state index in [1.807, 2.05) is 11.3 Å². The van der Waals surface area contributed by atoms with Crippen molar-refractivity contribution in [3.8, 4) is 0 Å². The van der Waals surface area contributed by atoms with E-state index in [2.05, 4.69) is 54.0 Å². The fourth-order valence-electron chi connectivity index (χ4n) is 2.93. The maximum absolute atomic E-state index is 3.77. The minimum Gasteiger partial charge on any atom is -0.144 e. The zero-order valence-electron chi connectivity index (χ0n) is 10.1. The first kappa shape index (κ1) is 11.5. The summed E-state index contributed by atoms with van der Waals surface area (Å²) in [6.07, 6.45) is 2.48. The second-order valence-electron chi connectivity index (χ2n) is 4.73. The van der Waals surface area contributed by atoms with Crippen molar-refractivity contribution < 1.29 is 0 Å². The Morgan fingerprint density at radius 3 is 2.65 bits per heavy atom. The molecule has 3 rings (SSSR count). The minimum atomic E-state index is 0.602. The van der Waals surface area contributed by atoms with Crippen molar-refractivity contribution in [3.63, 3.8) is 0 Å². The van der Waals surface area contributed by atoms with E-state index in [1.54, 1.807) is 0 Å². The molecule has 0 bridgehead atoms. The molecule has 0 fully saturated rings. The smallest absolute Gasteiger partial charge is 0.0352 e. The minimum absolute atomic E-state index is 0.602. The van der Waals surface area contributed by atoms with Gasteiger partial charge in [-0.25, -0.2) is 0 Å². The summed E-state index contributed by atoms with van der Waals surface area (Å²) in [5.74, 6) is 0.602. The fourth-order valence-corrected chi connectivity index (χ4v) is 4.89. The molecule has 2 heteroatoms. The van der Waals surface area contributed by atoms with Gasteiger partial charge in [0.15, 0.2) is 0 Å². The summed E-state index contributed by atoms with van der Waals surface area (Å²) in [6.45, 7) is 4.45. The number of fused-ring (bicyclic) bond motifs is 1. The molecule has 1 unspecified atom stereocenters. The van der Waals surface area contributed by atoms with Crippen molar-refractivity contribution in [1.29, 1.82) is 0 Å². The van der Waals surface area contributed by atoms with E-state index in [0.717, 1.165) is 0 Å². The molecule has 88 valence electrons. The SMILES string of the molecule is Cc1sc(C)c(C2CCc3ccccc32)c1Br. The van der Waals surface area contributed by atoms with Gasteiger partial charge in [0.1, 0.15) is 0 Å². The van der Waals surface area contributed by atoms with Gasteiger partial charge < -0.3 is 0 Å². The summed E-state index contributed by atoms with van der Waals surface area (Å²) in [5, 5.41) is 0. The molecule has 0 amide bonds. The second kappa shape index (κ2) is 4.25. The van der Waals surface area contributed by atoms with Crippen LogP contribution in [0.2, 0.25) is 0 Å². The lowest BCUT2D eigenvalue weighted by Crippen LogP contribution is -1.97. The molecule has 1 heterocycles. The number of hydrogen-bond acceptors (Lipinski definition) is 1. The second-order valence-corrected chi connectivity index (χ2v) is 6.95. The molecule has 1 aromatic heterocycles. The highest BCUT2D eigenvalue weighted by atomic mass is 79.9. The summed E-state index contributed by atoms with van der Waals surface area (Å²) < 4.78 is 1.33. The molecule has 17 heavy (non-hydrogen) atoms. The van der Waals surface area contributed by atoms with Crippen LogP contribution in [-0.4, -0.2) is 0 Å². The van der Waals surface area contributed by atoms with E-state index in [1.165, 1.54) is 43.8 Å². The molecule has 0 nitrogen and oxygen atoms in total. The normalized spacial score (nSPS) is 18.4. The molecule has 0 saturated heterocycles. The molecule has 0 aliphatic heterocycles. The summed E-state index contributed by atoms with van der Waals surface area (Å²) in [7, 11) is 0. The summed E-state index contributed by atoms with van der Waals surface area (Å²) in [4.78, 5) is 2.87. The third-order valence-electron chi connectivity index (χ3n) is 3.71. The Morgan fingerprint density at radius 2 is 1.94 bits per heavy atom. The number of halogens is 1. The molecular weight excluding hydrogens is 292 g/mol. The lowest BCUT2D eigenvalue weighted by atomic mass is 9.93. The number of rotatable bonds is 1. The Hall–Kier alpha value is -0.600. The molecule has 0 spiro atoms. The molecule has 2 aromatic rings. The van der Waals surface area contributed by atoms with Gasteiger partial charge in [0.25, 0.3) is 0 Å². The molecule has 1 aromatic carbocycles. The van der Waals surface area contributed by atoms with E-state index < -0.39 is 0 Å². The van der Waals surface area contributed by atoms with Crippen LogP contribution in [0.3, 0.4) is 0 Å². The molecule has 1 atom stereocenters. The fraction of sp³-hybridized carbons (Fsp3) is 0.333. The van der Waals surface area contributed by atoms with Crippen LogP contribution in [0, 0.1) is 13.8 Å². The van der Waals surface area contributed by atoms with Gasteiger partial charge in [0.05, 0.1) is 0 Å². The molecule has 0 N–H and O–H groups in total. The van der Waals surface area contributed by atoms with Crippen molar-refractivity contribution in [1.82, 2.24) is 0 Å². The molecule has 0 saturated carbocycles. The van der Waals surface area contributed by atoms with Crippen LogP contribution < -0.4 is 0 Å². The van der Waals surface area contributed by atoms with E-state index in [4.69, 9.17) is 0 Å². The quantitative estimate of drug-likeness (QED) is 0.679. The van der Waals surface area contributed by atoms with Gasteiger partial charge in [-0.3, -0.25) is 0 Å². The predicted molar refractivity (Wildman–Crippen MR) is 78.1 cm³/mol. The molecular formula is C15H15BrS. The Bertz CT molecular complexity index is 568. The average Bonchev–Trinajstić information content (AvgIpc) is 2.82.